The van der Waals surface area contributed by atoms with Crippen molar-refractivity contribution >= 4 is 34.1 Å². The Labute approximate surface area is 203 Å². The summed E-state index contributed by atoms with van der Waals surface area (Å²) >= 11 is 5.98. The summed E-state index contributed by atoms with van der Waals surface area (Å²) in [6, 6.07) is 10.0. The fourth-order valence-corrected chi connectivity index (χ4v) is 3.90. The summed E-state index contributed by atoms with van der Waals surface area (Å²) < 4.78 is 41.7. The van der Waals surface area contributed by atoms with Gasteiger partial charge in [0.05, 0.1) is 33.9 Å². The lowest BCUT2D eigenvalue weighted by atomic mass is 10.1. The van der Waals surface area contributed by atoms with E-state index in [0.717, 1.165) is 28.4 Å². The van der Waals surface area contributed by atoms with Gasteiger partial charge in [0.1, 0.15) is 12.1 Å². The van der Waals surface area contributed by atoms with Crippen LogP contribution in [0.25, 0.3) is 16.6 Å². The van der Waals surface area contributed by atoms with Crippen LogP contribution in [-0.4, -0.2) is 25.5 Å². The van der Waals surface area contributed by atoms with Crippen LogP contribution in [0.15, 0.2) is 53.5 Å². The zero-order valence-corrected chi connectivity index (χ0v) is 19.8. The third-order valence-electron chi connectivity index (χ3n) is 5.46. The number of alkyl halides is 3. The van der Waals surface area contributed by atoms with E-state index in [0.29, 0.717) is 16.8 Å². The molecule has 0 aliphatic heterocycles. The average molecular weight is 504 g/mol. The maximum Gasteiger partial charge on any atom is 0.416 e. The van der Waals surface area contributed by atoms with Crippen LogP contribution in [-0.2, 0) is 17.5 Å². The molecule has 11 heteroatoms. The minimum atomic E-state index is -4.60. The number of para-hydroxylation sites is 1. The molecule has 0 saturated heterocycles. The standard InChI is InChI=1S/C24H21ClF3N5O2/c1-13(2)21-16-11-29-33(19-7-5-4-6-14(19)3)22(16)23(35)32(31-21)12-20(34)30-18-10-15(24(26,27)28)8-9-17(18)25/h4-11,13H,12H2,1-3H3,(H,30,34). The van der Waals surface area contributed by atoms with E-state index in [1.165, 1.54) is 4.68 Å². The molecule has 1 N–H and O–H groups in total. The third kappa shape index (κ3) is 4.79. The molecular weight excluding hydrogens is 483 g/mol. The molecule has 0 atom stereocenters. The predicted octanol–water partition coefficient (Wildman–Crippen LogP) is 5.32. The van der Waals surface area contributed by atoms with Crippen molar-refractivity contribution in [3.8, 4) is 5.69 Å². The first-order chi connectivity index (χ1) is 16.5. The topological polar surface area (TPSA) is 81.8 Å². The Balaban J connectivity index is 1.76. The van der Waals surface area contributed by atoms with Crippen molar-refractivity contribution in [1.82, 2.24) is 19.6 Å². The number of benzene rings is 2. The second-order valence-electron chi connectivity index (χ2n) is 8.35. The number of amides is 1. The molecule has 0 aliphatic rings. The Hall–Kier alpha value is -3.66. The minimum Gasteiger partial charge on any atom is -0.323 e. The first-order valence-corrected chi connectivity index (χ1v) is 11.1. The number of aryl methyl sites for hydroxylation is 1. The highest BCUT2D eigenvalue weighted by Gasteiger charge is 2.31. The zero-order chi connectivity index (χ0) is 25.5. The van der Waals surface area contributed by atoms with Crippen LogP contribution in [0.3, 0.4) is 0 Å². The van der Waals surface area contributed by atoms with E-state index >= 15 is 0 Å². The molecule has 0 saturated carbocycles. The summed E-state index contributed by atoms with van der Waals surface area (Å²) in [5.41, 5.74) is 0.672. The molecule has 182 valence electrons. The number of rotatable bonds is 5. The molecule has 2 aromatic heterocycles. The van der Waals surface area contributed by atoms with Crippen molar-refractivity contribution in [2.24, 2.45) is 0 Å². The Morgan fingerprint density at radius 3 is 2.54 bits per heavy atom. The van der Waals surface area contributed by atoms with Gasteiger partial charge in [-0.05, 0) is 42.7 Å². The Kier molecular flexibility index (Phi) is 6.42. The lowest BCUT2D eigenvalue weighted by Gasteiger charge is -2.14. The predicted molar refractivity (Wildman–Crippen MR) is 127 cm³/mol. The first-order valence-electron chi connectivity index (χ1n) is 10.7. The quantitative estimate of drug-likeness (QED) is 0.399. The summed E-state index contributed by atoms with van der Waals surface area (Å²) in [7, 11) is 0. The second kappa shape index (κ2) is 9.18. The fourth-order valence-electron chi connectivity index (χ4n) is 3.73. The van der Waals surface area contributed by atoms with Crippen LogP contribution in [0.5, 0.6) is 0 Å². The summed E-state index contributed by atoms with van der Waals surface area (Å²) in [5.74, 6) is -0.850. The van der Waals surface area contributed by atoms with Gasteiger partial charge in [-0.25, -0.2) is 9.36 Å². The number of nitrogens with zero attached hydrogens (tertiary/aromatic N) is 4. The lowest BCUT2D eigenvalue weighted by Crippen LogP contribution is -2.31. The van der Waals surface area contributed by atoms with Crippen molar-refractivity contribution in [3.05, 3.63) is 80.9 Å². The number of fused-ring (bicyclic) bond motifs is 1. The van der Waals surface area contributed by atoms with Crippen molar-refractivity contribution in [1.29, 1.82) is 0 Å². The smallest absolute Gasteiger partial charge is 0.323 e. The van der Waals surface area contributed by atoms with Gasteiger partial charge in [0.15, 0.2) is 0 Å². The molecule has 0 fully saturated rings. The Bertz CT molecular complexity index is 1490. The first kappa shape index (κ1) is 24.5. The van der Waals surface area contributed by atoms with Gasteiger partial charge in [-0.3, -0.25) is 9.59 Å². The number of anilines is 1. The van der Waals surface area contributed by atoms with E-state index in [9.17, 15) is 22.8 Å². The molecule has 4 rings (SSSR count). The van der Waals surface area contributed by atoms with Crippen molar-refractivity contribution in [2.75, 3.05) is 5.32 Å². The average Bonchev–Trinajstić information content (AvgIpc) is 3.21. The highest BCUT2D eigenvalue weighted by molar-refractivity contribution is 6.33. The number of carbonyl (C=O) groups is 1. The van der Waals surface area contributed by atoms with Crippen LogP contribution >= 0.6 is 11.6 Å². The number of halogens is 4. The maximum atomic E-state index is 13.4. The van der Waals surface area contributed by atoms with Gasteiger partial charge in [0.25, 0.3) is 5.56 Å². The molecule has 35 heavy (non-hydrogen) atoms. The van der Waals surface area contributed by atoms with E-state index in [2.05, 4.69) is 15.5 Å². The van der Waals surface area contributed by atoms with Crippen LogP contribution in [0.4, 0.5) is 18.9 Å². The molecular formula is C24H21ClF3N5O2. The molecule has 7 nitrogen and oxygen atoms in total. The molecule has 2 heterocycles. The summed E-state index contributed by atoms with van der Waals surface area (Å²) in [5, 5.41) is 11.6. The van der Waals surface area contributed by atoms with Gasteiger partial charge in [0, 0.05) is 5.39 Å². The van der Waals surface area contributed by atoms with Gasteiger partial charge in [-0.15, -0.1) is 0 Å². The highest BCUT2D eigenvalue weighted by Crippen LogP contribution is 2.34. The number of hydrogen-bond donors (Lipinski definition) is 1. The number of nitrogens with one attached hydrogen (secondary N) is 1. The van der Waals surface area contributed by atoms with Gasteiger partial charge in [0.2, 0.25) is 5.91 Å². The van der Waals surface area contributed by atoms with Crippen LogP contribution < -0.4 is 10.9 Å². The highest BCUT2D eigenvalue weighted by atomic mass is 35.5. The van der Waals surface area contributed by atoms with E-state index in [1.54, 1.807) is 6.20 Å². The molecule has 0 bridgehead atoms. The van der Waals surface area contributed by atoms with Crippen LogP contribution in [0.1, 0.15) is 36.6 Å². The van der Waals surface area contributed by atoms with Gasteiger partial charge in [-0.2, -0.15) is 23.4 Å². The van der Waals surface area contributed by atoms with Gasteiger partial charge >= 0.3 is 6.18 Å². The fraction of sp³-hybridized carbons (Fsp3) is 0.250. The van der Waals surface area contributed by atoms with Crippen LogP contribution in [0.2, 0.25) is 5.02 Å². The van der Waals surface area contributed by atoms with Crippen molar-refractivity contribution in [3.63, 3.8) is 0 Å². The Morgan fingerprint density at radius 2 is 1.89 bits per heavy atom. The number of aromatic nitrogens is 4. The van der Waals surface area contributed by atoms with Gasteiger partial charge < -0.3 is 5.32 Å². The minimum absolute atomic E-state index is 0.0670. The van der Waals surface area contributed by atoms with E-state index < -0.39 is 29.8 Å². The molecule has 1 amide bonds. The molecule has 4 aromatic rings. The van der Waals surface area contributed by atoms with E-state index in [1.807, 2.05) is 45.0 Å². The molecule has 0 aliphatic carbocycles. The molecule has 0 unspecified atom stereocenters. The monoisotopic (exact) mass is 503 g/mol. The lowest BCUT2D eigenvalue weighted by molar-refractivity contribution is -0.137. The van der Waals surface area contributed by atoms with Crippen molar-refractivity contribution < 1.29 is 18.0 Å². The summed E-state index contributed by atoms with van der Waals surface area (Å²) in [6.07, 6.45) is -3.04. The molecule has 0 spiro atoms. The molecule has 0 radical (unpaired) electrons. The third-order valence-corrected chi connectivity index (χ3v) is 5.79. The van der Waals surface area contributed by atoms with E-state index in [4.69, 9.17) is 11.6 Å². The van der Waals surface area contributed by atoms with Gasteiger partial charge in [-0.1, -0.05) is 43.6 Å². The number of hydrogen-bond acceptors (Lipinski definition) is 4. The van der Waals surface area contributed by atoms with Crippen LogP contribution in [0, 0.1) is 6.92 Å². The normalized spacial score (nSPS) is 11.9. The Morgan fingerprint density at radius 1 is 1.17 bits per heavy atom. The van der Waals surface area contributed by atoms with Crippen molar-refractivity contribution in [2.45, 2.75) is 39.4 Å². The zero-order valence-electron chi connectivity index (χ0n) is 19.0. The largest absolute Gasteiger partial charge is 0.416 e. The van der Waals surface area contributed by atoms with E-state index in [-0.39, 0.29) is 22.1 Å². The SMILES string of the molecule is Cc1ccccc1-n1ncc2c(C(C)C)nn(CC(=O)Nc3cc(C(F)(F)F)ccc3Cl)c(=O)c21. The number of carbonyl (C=O) groups excluding carboxylic acids is 1. The summed E-state index contributed by atoms with van der Waals surface area (Å²) in [6.45, 7) is 5.15. The summed E-state index contributed by atoms with van der Waals surface area (Å²) in [4.78, 5) is 26.1. The molecule has 2 aromatic carbocycles. The maximum absolute atomic E-state index is 13.4. The second-order valence-corrected chi connectivity index (χ2v) is 8.76.